The zero-order chi connectivity index (χ0) is 14.0. The van der Waals surface area contributed by atoms with Crippen molar-refractivity contribution in [3.63, 3.8) is 0 Å². The van der Waals surface area contributed by atoms with Crippen LogP contribution in [0.1, 0.15) is 45.1 Å². The molecule has 0 radical (unpaired) electrons. The highest BCUT2D eigenvalue weighted by atomic mass is 16.5. The summed E-state index contributed by atoms with van der Waals surface area (Å²) < 4.78 is 5.73. The Kier molecular flexibility index (Phi) is 4.37. The van der Waals surface area contributed by atoms with Crippen molar-refractivity contribution in [1.82, 2.24) is 9.97 Å². The van der Waals surface area contributed by atoms with Crippen LogP contribution >= 0.6 is 0 Å². The molecule has 1 fully saturated rings. The maximum atomic E-state index is 11.7. The molecule has 0 saturated carbocycles. The second kappa shape index (κ2) is 5.84. The van der Waals surface area contributed by atoms with E-state index in [0.717, 1.165) is 31.2 Å². The van der Waals surface area contributed by atoms with Crippen molar-refractivity contribution in [2.24, 2.45) is 0 Å². The van der Waals surface area contributed by atoms with Gasteiger partial charge in [-0.25, -0.2) is 4.98 Å². The predicted molar refractivity (Wildman–Crippen MR) is 73.4 cm³/mol. The first-order valence-corrected chi connectivity index (χ1v) is 7.03. The van der Waals surface area contributed by atoms with Crippen molar-refractivity contribution in [2.45, 2.75) is 52.4 Å². The minimum atomic E-state index is -0.0533. The minimum Gasteiger partial charge on any atom is -0.364 e. The fourth-order valence-electron chi connectivity index (χ4n) is 2.68. The first-order chi connectivity index (χ1) is 8.94. The first-order valence-electron chi connectivity index (χ1n) is 7.03. The summed E-state index contributed by atoms with van der Waals surface area (Å²) >= 11 is 0. The summed E-state index contributed by atoms with van der Waals surface area (Å²) in [6, 6.07) is 1.61. The second-order valence-electron chi connectivity index (χ2n) is 5.87. The highest BCUT2D eigenvalue weighted by Gasteiger charge is 2.26. The molecule has 2 heterocycles. The zero-order valence-corrected chi connectivity index (χ0v) is 12.2. The molecule has 1 aliphatic heterocycles. The van der Waals surface area contributed by atoms with Gasteiger partial charge in [0.25, 0.3) is 5.56 Å². The van der Waals surface area contributed by atoms with E-state index in [-0.39, 0.29) is 23.7 Å². The number of aromatic nitrogens is 2. The Hall–Kier alpha value is -1.20. The Balaban J connectivity index is 2.12. The summed E-state index contributed by atoms with van der Waals surface area (Å²) in [6.45, 7) is 11.0. The number of nitrogens with zero attached hydrogens (tertiary/aromatic N) is 1. The average molecular weight is 266 g/mol. The lowest BCUT2D eigenvalue weighted by Gasteiger charge is -2.32. The number of morpholine rings is 1. The minimum absolute atomic E-state index is 0.0533. The first kappa shape index (κ1) is 14.2. The molecule has 1 saturated heterocycles. The Morgan fingerprint density at radius 2 is 2.05 bits per heavy atom. The Bertz CT molecular complexity index is 474. The molecule has 2 N–H and O–H groups in total. The number of hydrogen-bond donors (Lipinski definition) is 2. The number of rotatable bonds is 3. The van der Waals surface area contributed by atoms with Gasteiger partial charge >= 0.3 is 0 Å². The molecular weight excluding hydrogens is 242 g/mol. The lowest BCUT2D eigenvalue weighted by molar-refractivity contribution is -0.928. The van der Waals surface area contributed by atoms with E-state index in [9.17, 15) is 4.79 Å². The van der Waals surface area contributed by atoms with Gasteiger partial charge in [0.15, 0.2) is 0 Å². The monoisotopic (exact) mass is 266 g/mol. The lowest BCUT2D eigenvalue weighted by atomic mass is 10.2. The van der Waals surface area contributed by atoms with Crippen LogP contribution < -0.4 is 10.5 Å². The summed E-state index contributed by atoms with van der Waals surface area (Å²) in [4.78, 5) is 20.4. The van der Waals surface area contributed by atoms with Crippen LogP contribution in [0.5, 0.6) is 0 Å². The number of ether oxygens (including phenoxy) is 1. The van der Waals surface area contributed by atoms with Crippen molar-refractivity contribution < 1.29 is 9.64 Å². The number of aromatic amines is 1. The molecule has 0 bridgehead atoms. The van der Waals surface area contributed by atoms with Crippen molar-refractivity contribution in [3.05, 3.63) is 27.9 Å². The summed E-state index contributed by atoms with van der Waals surface area (Å²) in [6.07, 6.45) is 0.538. The molecule has 5 heteroatoms. The van der Waals surface area contributed by atoms with Gasteiger partial charge in [-0.05, 0) is 13.8 Å². The number of quaternary nitrogens is 1. The highest BCUT2D eigenvalue weighted by molar-refractivity contribution is 5.03. The van der Waals surface area contributed by atoms with E-state index in [1.807, 2.05) is 13.8 Å². The molecule has 19 heavy (non-hydrogen) atoms. The fraction of sp³-hybridized carbons (Fsp3) is 0.714. The number of nitrogens with one attached hydrogen (secondary N) is 2. The van der Waals surface area contributed by atoms with E-state index in [2.05, 4.69) is 23.8 Å². The molecule has 106 valence electrons. The van der Waals surface area contributed by atoms with Crippen LogP contribution in [-0.2, 0) is 11.3 Å². The van der Waals surface area contributed by atoms with Crippen LogP contribution in [-0.4, -0.2) is 35.3 Å². The molecule has 1 aromatic heterocycles. The topological polar surface area (TPSA) is 59.4 Å². The van der Waals surface area contributed by atoms with Crippen LogP contribution in [0.2, 0.25) is 0 Å². The van der Waals surface area contributed by atoms with E-state index in [0.29, 0.717) is 0 Å². The van der Waals surface area contributed by atoms with Crippen molar-refractivity contribution >= 4 is 0 Å². The van der Waals surface area contributed by atoms with Gasteiger partial charge in [0, 0.05) is 12.0 Å². The van der Waals surface area contributed by atoms with Crippen LogP contribution in [0.3, 0.4) is 0 Å². The quantitative estimate of drug-likeness (QED) is 0.815. The normalized spacial score (nSPS) is 27.7. The molecule has 1 aromatic rings. The largest absolute Gasteiger partial charge is 0.364 e. The van der Waals surface area contributed by atoms with Crippen molar-refractivity contribution in [1.29, 1.82) is 0 Å². The zero-order valence-electron chi connectivity index (χ0n) is 12.2. The fourth-order valence-corrected chi connectivity index (χ4v) is 2.68. The Morgan fingerprint density at radius 1 is 1.42 bits per heavy atom. The molecule has 2 rings (SSSR count). The SMILES string of the molecule is CC(C)c1nc(C[NH+]2C[C@H](C)O[C@@H](C)C2)cc(=O)[nH]1. The van der Waals surface area contributed by atoms with Gasteiger partial charge in [0.1, 0.15) is 43.4 Å². The van der Waals surface area contributed by atoms with Gasteiger partial charge in [-0.3, -0.25) is 4.79 Å². The van der Waals surface area contributed by atoms with E-state index in [4.69, 9.17) is 4.74 Å². The molecule has 0 aromatic carbocycles. The number of H-pyrrole nitrogens is 1. The molecule has 0 unspecified atom stereocenters. The molecule has 0 spiro atoms. The van der Waals surface area contributed by atoms with Gasteiger partial charge in [0.05, 0.1) is 0 Å². The van der Waals surface area contributed by atoms with Crippen molar-refractivity contribution in [3.8, 4) is 0 Å². The van der Waals surface area contributed by atoms with Crippen LogP contribution in [0, 0.1) is 0 Å². The molecule has 0 aliphatic carbocycles. The van der Waals surface area contributed by atoms with E-state index < -0.39 is 0 Å². The van der Waals surface area contributed by atoms with E-state index >= 15 is 0 Å². The lowest BCUT2D eigenvalue weighted by Crippen LogP contribution is -3.14. The predicted octanol–water partition coefficient (Wildman–Crippen LogP) is 0.0854. The van der Waals surface area contributed by atoms with Crippen molar-refractivity contribution in [2.75, 3.05) is 13.1 Å². The van der Waals surface area contributed by atoms with E-state index in [1.165, 1.54) is 4.90 Å². The maximum absolute atomic E-state index is 11.7. The third kappa shape index (κ3) is 3.88. The average Bonchev–Trinajstić information content (AvgIpc) is 2.26. The smallest absolute Gasteiger partial charge is 0.251 e. The van der Waals surface area contributed by atoms with Crippen LogP contribution in [0.4, 0.5) is 0 Å². The van der Waals surface area contributed by atoms with Gasteiger partial charge in [-0.2, -0.15) is 0 Å². The maximum Gasteiger partial charge on any atom is 0.251 e. The molecule has 2 atom stereocenters. The number of hydrogen-bond acceptors (Lipinski definition) is 3. The summed E-state index contributed by atoms with van der Waals surface area (Å²) in [7, 11) is 0. The second-order valence-corrected chi connectivity index (χ2v) is 5.87. The highest BCUT2D eigenvalue weighted by Crippen LogP contribution is 2.06. The standard InChI is InChI=1S/C14H23N3O2/c1-9(2)14-15-12(5-13(18)16-14)8-17-6-10(3)19-11(4)7-17/h5,9-11H,6-8H2,1-4H3,(H,15,16,18)/p+1/t10-,11-/m0/s1. The van der Waals surface area contributed by atoms with Gasteiger partial charge in [-0.1, -0.05) is 13.8 Å². The van der Waals surface area contributed by atoms with Crippen LogP contribution in [0.25, 0.3) is 0 Å². The van der Waals surface area contributed by atoms with Gasteiger partial charge in [-0.15, -0.1) is 0 Å². The Morgan fingerprint density at radius 3 is 2.63 bits per heavy atom. The van der Waals surface area contributed by atoms with E-state index in [1.54, 1.807) is 6.07 Å². The Labute approximate surface area is 114 Å². The third-order valence-electron chi connectivity index (χ3n) is 3.41. The third-order valence-corrected chi connectivity index (χ3v) is 3.41. The molecule has 0 amide bonds. The summed E-state index contributed by atoms with van der Waals surface area (Å²) in [5, 5.41) is 0. The van der Waals surface area contributed by atoms with Gasteiger partial charge < -0.3 is 14.6 Å². The molecule has 1 aliphatic rings. The van der Waals surface area contributed by atoms with Gasteiger partial charge in [0.2, 0.25) is 0 Å². The molecular formula is C14H24N3O2+. The summed E-state index contributed by atoms with van der Waals surface area (Å²) in [5.41, 5.74) is 0.825. The van der Waals surface area contributed by atoms with Crippen LogP contribution in [0.15, 0.2) is 10.9 Å². The molecule has 5 nitrogen and oxygen atoms in total. The summed E-state index contributed by atoms with van der Waals surface area (Å²) in [5.74, 6) is 1.02.